The first-order valence-electron chi connectivity index (χ1n) is 7.63. The molecule has 1 aliphatic carbocycles. The van der Waals surface area contributed by atoms with Crippen molar-refractivity contribution in [3.63, 3.8) is 0 Å². The summed E-state index contributed by atoms with van der Waals surface area (Å²) in [5.74, 6) is -0.184. The summed E-state index contributed by atoms with van der Waals surface area (Å²) in [4.78, 5) is 33.9. The molecule has 0 saturated heterocycles. The van der Waals surface area contributed by atoms with Crippen molar-refractivity contribution in [3.05, 3.63) is 39.9 Å². The molecule has 22 heavy (non-hydrogen) atoms. The summed E-state index contributed by atoms with van der Waals surface area (Å²) >= 11 is 0. The maximum absolute atomic E-state index is 12.0. The maximum atomic E-state index is 12.0. The minimum absolute atomic E-state index is 0.0151. The number of benzene rings is 1. The molecule has 1 aromatic carbocycles. The van der Waals surface area contributed by atoms with Gasteiger partial charge < -0.3 is 5.32 Å². The normalized spacial score (nSPS) is 14.7. The zero-order valence-electron chi connectivity index (χ0n) is 12.4. The van der Waals surface area contributed by atoms with Crippen LogP contribution in [0.2, 0.25) is 0 Å². The number of ketones is 1. The predicted octanol–water partition coefficient (Wildman–Crippen LogP) is 3.01. The molecule has 1 aromatic rings. The minimum atomic E-state index is -0.522. The maximum Gasteiger partial charge on any atom is 0.270 e. The second-order valence-corrected chi connectivity index (χ2v) is 5.63. The molecular formula is C16H20N2O4. The molecule has 0 unspecified atom stereocenters. The van der Waals surface area contributed by atoms with Gasteiger partial charge in [0.25, 0.3) is 5.69 Å². The van der Waals surface area contributed by atoms with Crippen molar-refractivity contribution in [2.24, 2.45) is 0 Å². The van der Waals surface area contributed by atoms with Crippen LogP contribution in [0.3, 0.4) is 0 Å². The minimum Gasteiger partial charge on any atom is -0.353 e. The van der Waals surface area contributed by atoms with Gasteiger partial charge in [-0.2, -0.15) is 0 Å². The number of nitrogens with zero attached hydrogens (tertiary/aromatic N) is 1. The van der Waals surface area contributed by atoms with E-state index >= 15 is 0 Å². The monoisotopic (exact) mass is 304 g/mol. The van der Waals surface area contributed by atoms with Crippen molar-refractivity contribution < 1.29 is 14.5 Å². The topological polar surface area (TPSA) is 89.3 Å². The molecule has 0 radical (unpaired) electrons. The SMILES string of the molecule is O=C(CCCC(=O)c1cccc([N+](=O)[O-])c1)NC1CCCC1. The van der Waals surface area contributed by atoms with E-state index in [0.717, 1.165) is 25.7 Å². The van der Waals surface area contributed by atoms with E-state index in [9.17, 15) is 19.7 Å². The van der Waals surface area contributed by atoms with Gasteiger partial charge in [-0.15, -0.1) is 0 Å². The van der Waals surface area contributed by atoms with Gasteiger partial charge in [-0.1, -0.05) is 25.0 Å². The number of Topliss-reactive ketones (excluding diaryl/α,β-unsaturated/α-hetero) is 1. The number of hydrogen-bond acceptors (Lipinski definition) is 4. The third kappa shape index (κ3) is 4.65. The van der Waals surface area contributed by atoms with Crippen LogP contribution in [0, 0.1) is 10.1 Å². The molecule has 0 aromatic heterocycles. The van der Waals surface area contributed by atoms with Crippen LogP contribution in [-0.4, -0.2) is 22.7 Å². The van der Waals surface area contributed by atoms with E-state index in [1.807, 2.05) is 0 Å². The van der Waals surface area contributed by atoms with Gasteiger partial charge in [0.15, 0.2) is 5.78 Å². The summed E-state index contributed by atoms with van der Waals surface area (Å²) in [7, 11) is 0. The number of nitro benzene ring substituents is 1. The fourth-order valence-electron chi connectivity index (χ4n) is 2.72. The summed E-state index contributed by atoms with van der Waals surface area (Å²) in [5.41, 5.74) is 0.232. The Morgan fingerprint density at radius 2 is 1.95 bits per heavy atom. The molecule has 0 atom stereocenters. The first kappa shape index (κ1) is 16.1. The highest BCUT2D eigenvalue weighted by atomic mass is 16.6. The van der Waals surface area contributed by atoms with E-state index in [-0.39, 0.29) is 23.8 Å². The molecule has 6 heteroatoms. The van der Waals surface area contributed by atoms with Crippen molar-refractivity contribution in [2.75, 3.05) is 0 Å². The van der Waals surface area contributed by atoms with Gasteiger partial charge in [-0.05, 0) is 19.3 Å². The molecule has 1 fully saturated rings. The zero-order valence-corrected chi connectivity index (χ0v) is 12.4. The molecule has 6 nitrogen and oxygen atoms in total. The van der Waals surface area contributed by atoms with Crippen LogP contribution >= 0.6 is 0 Å². The number of amides is 1. The largest absolute Gasteiger partial charge is 0.353 e. The Morgan fingerprint density at radius 1 is 1.23 bits per heavy atom. The average molecular weight is 304 g/mol. The van der Waals surface area contributed by atoms with Crippen molar-refractivity contribution in [2.45, 2.75) is 51.0 Å². The third-order valence-corrected chi connectivity index (χ3v) is 3.91. The van der Waals surface area contributed by atoms with Crippen molar-refractivity contribution >= 4 is 17.4 Å². The number of non-ortho nitro benzene ring substituents is 1. The summed E-state index contributed by atoms with van der Waals surface area (Å²) < 4.78 is 0. The molecule has 1 saturated carbocycles. The number of carbonyl (C=O) groups excluding carboxylic acids is 2. The Hall–Kier alpha value is -2.24. The lowest BCUT2D eigenvalue weighted by molar-refractivity contribution is -0.384. The van der Waals surface area contributed by atoms with Crippen LogP contribution in [-0.2, 0) is 4.79 Å². The van der Waals surface area contributed by atoms with Gasteiger partial charge in [0.05, 0.1) is 4.92 Å². The fourth-order valence-corrected chi connectivity index (χ4v) is 2.72. The highest BCUT2D eigenvalue weighted by molar-refractivity contribution is 5.96. The molecule has 0 aliphatic heterocycles. The van der Waals surface area contributed by atoms with Crippen LogP contribution < -0.4 is 5.32 Å². The summed E-state index contributed by atoms with van der Waals surface area (Å²) in [6, 6.07) is 5.98. The first-order chi connectivity index (χ1) is 10.6. The van der Waals surface area contributed by atoms with Crippen molar-refractivity contribution in [3.8, 4) is 0 Å². The van der Waals surface area contributed by atoms with Crippen molar-refractivity contribution in [1.29, 1.82) is 0 Å². The van der Waals surface area contributed by atoms with Gasteiger partial charge in [-0.3, -0.25) is 19.7 Å². The molecule has 0 spiro atoms. The third-order valence-electron chi connectivity index (χ3n) is 3.91. The molecule has 1 amide bonds. The van der Waals surface area contributed by atoms with Crippen LogP contribution in [0.25, 0.3) is 0 Å². The Bertz CT molecular complexity index is 565. The average Bonchev–Trinajstić information content (AvgIpc) is 3.00. The lowest BCUT2D eigenvalue weighted by Crippen LogP contribution is -2.32. The number of carbonyl (C=O) groups is 2. The van der Waals surface area contributed by atoms with Gasteiger partial charge in [0.1, 0.15) is 0 Å². The Balaban J connectivity index is 1.76. The van der Waals surface area contributed by atoms with Crippen LogP contribution in [0.15, 0.2) is 24.3 Å². The zero-order chi connectivity index (χ0) is 15.9. The molecule has 0 heterocycles. The summed E-state index contributed by atoms with van der Waals surface area (Å²) in [6.45, 7) is 0. The van der Waals surface area contributed by atoms with E-state index in [1.54, 1.807) is 6.07 Å². The Morgan fingerprint density at radius 3 is 2.64 bits per heavy atom. The van der Waals surface area contributed by atoms with E-state index < -0.39 is 4.92 Å². The quantitative estimate of drug-likeness (QED) is 0.476. The van der Waals surface area contributed by atoms with Gasteiger partial charge in [0, 0.05) is 36.6 Å². The van der Waals surface area contributed by atoms with E-state index in [1.165, 1.54) is 18.2 Å². The second kappa shape index (κ2) is 7.68. The van der Waals surface area contributed by atoms with E-state index in [2.05, 4.69) is 5.32 Å². The fraction of sp³-hybridized carbons (Fsp3) is 0.500. The standard InChI is InChI=1S/C16H20N2O4/c19-15(12-5-3-8-14(11-12)18(21)22)9-4-10-16(20)17-13-6-1-2-7-13/h3,5,8,11,13H,1-2,4,6-7,9-10H2,(H,17,20). The highest BCUT2D eigenvalue weighted by Crippen LogP contribution is 2.18. The van der Waals surface area contributed by atoms with Gasteiger partial charge in [-0.25, -0.2) is 0 Å². The number of hydrogen-bond donors (Lipinski definition) is 1. The number of nitrogens with one attached hydrogen (secondary N) is 1. The number of rotatable bonds is 7. The molecule has 118 valence electrons. The van der Waals surface area contributed by atoms with Gasteiger partial charge in [0.2, 0.25) is 5.91 Å². The predicted molar refractivity (Wildman–Crippen MR) is 81.7 cm³/mol. The molecule has 2 rings (SSSR count). The van der Waals surface area contributed by atoms with Gasteiger partial charge >= 0.3 is 0 Å². The smallest absolute Gasteiger partial charge is 0.270 e. The molecular weight excluding hydrogens is 284 g/mol. The molecule has 1 aliphatic rings. The Labute approximate surface area is 129 Å². The second-order valence-electron chi connectivity index (χ2n) is 5.63. The summed E-state index contributed by atoms with van der Waals surface area (Å²) in [6.07, 6.45) is 5.40. The summed E-state index contributed by atoms with van der Waals surface area (Å²) in [5, 5.41) is 13.7. The van der Waals surface area contributed by atoms with E-state index in [4.69, 9.17) is 0 Å². The lowest BCUT2D eigenvalue weighted by atomic mass is 10.0. The molecule has 1 N–H and O–H groups in total. The lowest BCUT2D eigenvalue weighted by Gasteiger charge is -2.11. The van der Waals surface area contributed by atoms with Crippen LogP contribution in [0.5, 0.6) is 0 Å². The Kier molecular flexibility index (Phi) is 5.63. The number of nitro groups is 1. The van der Waals surface area contributed by atoms with Crippen LogP contribution in [0.1, 0.15) is 55.3 Å². The van der Waals surface area contributed by atoms with Crippen LogP contribution in [0.4, 0.5) is 5.69 Å². The molecule has 0 bridgehead atoms. The highest BCUT2D eigenvalue weighted by Gasteiger charge is 2.17. The van der Waals surface area contributed by atoms with Crippen molar-refractivity contribution in [1.82, 2.24) is 5.32 Å². The first-order valence-corrected chi connectivity index (χ1v) is 7.63. The van der Waals surface area contributed by atoms with E-state index in [0.29, 0.717) is 24.4 Å².